The van der Waals surface area contributed by atoms with Crippen molar-refractivity contribution in [2.75, 3.05) is 19.0 Å². The summed E-state index contributed by atoms with van der Waals surface area (Å²) in [6, 6.07) is 3.25. The number of aryl methyl sites for hydroxylation is 1. The lowest BCUT2D eigenvalue weighted by molar-refractivity contribution is 0.0689. The van der Waals surface area contributed by atoms with E-state index in [2.05, 4.69) is 5.10 Å². The fourth-order valence-electron chi connectivity index (χ4n) is 2.03. The lowest BCUT2D eigenvalue weighted by atomic mass is 10.1. The number of halogens is 2. The number of carbonyl (C=O) groups is 1. The molecule has 2 rings (SSSR count). The van der Waals surface area contributed by atoms with Gasteiger partial charge in [-0.25, -0.2) is 13.6 Å². The first-order chi connectivity index (χ1) is 9.32. The maximum Gasteiger partial charge on any atom is 0.356 e. The number of benzene rings is 1. The van der Waals surface area contributed by atoms with Gasteiger partial charge in [0.2, 0.25) is 0 Å². The zero-order chi connectivity index (χ0) is 15.0. The first-order valence-electron chi connectivity index (χ1n) is 5.76. The minimum atomic E-state index is -1.23. The van der Waals surface area contributed by atoms with Gasteiger partial charge < -0.3 is 10.0 Å². The number of carboxylic acid groups (broad SMARTS) is 1. The van der Waals surface area contributed by atoms with Gasteiger partial charge in [0.15, 0.2) is 5.69 Å². The Labute approximate surface area is 114 Å². The van der Waals surface area contributed by atoms with Gasteiger partial charge in [-0.3, -0.25) is 4.68 Å². The Morgan fingerprint density at radius 2 is 1.90 bits per heavy atom. The third kappa shape index (κ3) is 2.22. The van der Waals surface area contributed by atoms with Crippen LogP contribution < -0.4 is 4.90 Å². The minimum Gasteiger partial charge on any atom is -0.476 e. The predicted octanol–water partition coefficient (Wildman–Crippen LogP) is 2.13. The third-order valence-corrected chi connectivity index (χ3v) is 2.88. The molecule has 0 fully saturated rings. The van der Waals surface area contributed by atoms with E-state index in [-0.39, 0.29) is 22.6 Å². The van der Waals surface area contributed by atoms with E-state index in [0.717, 1.165) is 12.1 Å². The summed E-state index contributed by atoms with van der Waals surface area (Å²) in [6.07, 6.45) is 0. The van der Waals surface area contributed by atoms with Crippen LogP contribution in [0.5, 0.6) is 0 Å². The smallest absolute Gasteiger partial charge is 0.356 e. The lowest BCUT2D eigenvalue weighted by Gasteiger charge is -2.18. The van der Waals surface area contributed by atoms with Crippen LogP contribution in [-0.4, -0.2) is 35.0 Å². The molecular formula is C13H13F2N3O2. The summed E-state index contributed by atoms with van der Waals surface area (Å²) in [4.78, 5) is 12.3. The highest BCUT2D eigenvalue weighted by molar-refractivity contribution is 5.88. The van der Waals surface area contributed by atoms with Gasteiger partial charge in [0.05, 0.1) is 16.9 Å². The molecule has 5 nitrogen and oxygen atoms in total. The van der Waals surface area contributed by atoms with Crippen LogP contribution in [0.25, 0.3) is 11.3 Å². The van der Waals surface area contributed by atoms with Crippen molar-refractivity contribution in [2.45, 2.75) is 0 Å². The standard InChI is InChI=1S/C13H13F2N3O2/c1-17(2)12-8(15)5-4-7(14)11(12)10-6-9(13(19)20)16-18(10)3/h4-6H,1-3H3,(H,19,20). The zero-order valence-electron chi connectivity index (χ0n) is 11.2. The SMILES string of the molecule is CN(C)c1c(F)ccc(F)c1-c1cc(C(=O)O)nn1C. The van der Waals surface area contributed by atoms with Crippen LogP contribution in [0.1, 0.15) is 10.5 Å². The Morgan fingerprint density at radius 3 is 2.40 bits per heavy atom. The van der Waals surface area contributed by atoms with Gasteiger partial charge in [-0.15, -0.1) is 0 Å². The van der Waals surface area contributed by atoms with E-state index in [1.807, 2.05) is 0 Å². The molecule has 0 unspecified atom stereocenters. The summed E-state index contributed by atoms with van der Waals surface area (Å²) >= 11 is 0. The van der Waals surface area contributed by atoms with Crippen molar-refractivity contribution in [1.82, 2.24) is 9.78 Å². The molecule has 0 aliphatic heterocycles. The van der Waals surface area contributed by atoms with E-state index >= 15 is 0 Å². The molecular weight excluding hydrogens is 268 g/mol. The van der Waals surface area contributed by atoms with E-state index in [4.69, 9.17) is 5.11 Å². The van der Waals surface area contributed by atoms with Crippen LogP contribution in [0, 0.1) is 11.6 Å². The van der Waals surface area contributed by atoms with Crippen molar-refractivity contribution in [3.63, 3.8) is 0 Å². The largest absolute Gasteiger partial charge is 0.476 e. The van der Waals surface area contributed by atoms with Gasteiger partial charge in [0.1, 0.15) is 11.6 Å². The fraction of sp³-hybridized carbons (Fsp3) is 0.231. The number of carboxylic acids is 1. The van der Waals surface area contributed by atoms with E-state index in [0.29, 0.717) is 0 Å². The molecule has 1 N–H and O–H groups in total. The monoisotopic (exact) mass is 281 g/mol. The van der Waals surface area contributed by atoms with Gasteiger partial charge in [0.25, 0.3) is 0 Å². The number of hydrogen-bond acceptors (Lipinski definition) is 3. The molecule has 106 valence electrons. The highest BCUT2D eigenvalue weighted by atomic mass is 19.1. The minimum absolute atomic E-state index is 0.0162. The van der Waals surface area contributed by atoms with E-state index in [9.17, 15) is 13.6 Å². The van der Waals surface area contributed by atoms with Crippen molar-refractivity contribution in [3.05, 3.63) is 35.5 Å². The topological polar surface area (TPSA) is 58.4 Å². The van der Waals surface area contributed by atoms with Gasteiger partial charge in [0, 0.05) is 21.1 Å². The first-order valence-corrected chi connectivity index (χ1v) is 5.76. The van der Waals surface area contributed by atoms with E-state index in [1.165, 1.54) is 22.7 Å². The molecule has 0 saturated carbocycles. The Balaban J connectivity index is 2.75. The maximum absolute atomic E-state index is 14.1. The van der Waals surface area contributed by atoms with Crippen molar-refractivity contribution in [1.29, 1.82) is 0 Å². The van der Waals surface area contributed by atoms with Crippen LogP contribution in [0.3, 0.4) is 0 Å². The molecule has 0 spiro atoms. The Hall–Kier alpha value is -2.44. The second-order valence-corrected chi connectivity index (χ2v) is 4.49. The second kappa shape index (κ2) is 4.92. The fourth-order valence-corrected chi connectivity index (χ4v) is 2.03. The molecule has 1 aromatic heterocycles. The Kier molecular flexibility index (Phi) is 3.44. The summed E-state index contributed by atoms with van der Waals surface area (Å²) in [7, 11) is 4.64. The van der Waals surface area contributed by atoms with Crippen LogP contribution in [-0.2, 0) is 7.05 Å². The summed E-state index contributed by atoms with van der Waals surface area (Å²) in [5, 5.41) is 12.7. The van der Waals surface area contributed by atoms with Crippen LogP contribution in [0.4, 0.5) is 14.5 Å². The number of rotatable bonds is 3. The Morgan fingerprint density at radius 1 is 1.30 bits per heavy atom. The molecule has 20 heavy (non-hydrogen) atoms. The summed E-state index contributed by atoms with van der Waals surface area (Å²) in [6.45, 7) is 0. The highest BCUT2D eigenvalue weighted by Gasteiger charge is 2.22. The third-order valence-electron chi connectivity index (χ3n) is 2.88. The normalized spacial score (nSPS) is 10.7. The van der Waals surface area contributed by atoms with Gasteiger partial charge in [-0.05, 0) is 18.2 Å². The molecule has 1 aromatic carbocycles. The maximum atomic E-state index is 14.1. The molecule has 2 aromatic rings. The molecule has 0 radical (unpaired) electrons. The molecule has 0 atom stereocenters. The van der Waals surface area contributed by atoms with Crippen molar-refractivity contribution >= 4 is 11.7 Å². The van der Waals surface area contributed by atoms with E-state index < -0.39 is 17.6 Å². The Bertz CT molecular complexity index is 680. The molecule has 0 aliphatic carbocycles. The molecule has 0 saturated heterocycles. The van der Waals surface area contributed by atoms with Crippen LogP contribution in [0.2, 0.25) is 0 Å². The van der Waals surface area contributed by atoms with Crippen LogP contribution in [0.15, 0.2) is 18.2 Å². The van der Waals surface area contributed by atoms with Crippen molar-refractivity contribution in [2.24, 2.45) is 7.05 Å². The molecule has 0 bridgehead atoms. The predicted molar refractivity (Wildman–Crippen MR) is 69.8 cm³/mol. The number of aromatic carboxylic acids is 1. The quantitative estimate of drug-likeness (QED) is 0.936. The van der Waals surface area contributed by atoms with Crippen LogP contribution >= 0.6 is 0 Å². The second-order valence-electron chi connectivity index (χ2n) is 4.49. The average Bonchev–Trinajstić information content (AvgIpc) is 2.73. The summed E-state index contributed by atoms with van der Waals surface area (Å²) < 4.78 is 29.2. The van der Waals surface area contributed by atoms with E-state index in [1.54, 1.807) is 14.1 Å². The first kappa shape index (κ1) is 14.0. The summed E-state index contributed by atoms with van der Waals surface area (Å²) in [5.74, 6) is -2.46. The molecule has 7 heteroatoms. The number of hydrogen-bond donors (Lipinski definition) is 1. The van der Waals surface area contributed by atoms with Crippen molar-refractivity contribution < 1.29 is 18.7 Å². The average molecular weight is 281 g/mol. The molecule has 0 aliphatic rings. The molecule has 0 amide bonds. The number of aromatic nitrogens is 2. The van der Waals surface area contributed by atoms with Gasteiger partial charge in [-0.1, -0.05) is 0 Å². The van der Waals surface area contributed by atoms with Gasteiger partial charge >= 0.3 is 5.97 Å². The number of anilines is 1. The zero-order valence-corrected chi connectivity index (χ0v) is 11.2. The molecule has 1 heterocycles. The highest BCUT2D eigenvalue weighted by Crippen LogP contribution is 2.34. The van der Waals surface area contributed by atoms with Gasteiger partial charge in [-0.2, -0.15) is 5.10 Å². The summed E-state index contributed by atoms with van der Waals surface area (Å²) in [5.41, 5.74) is 0.00130. The number of nitrogens with zero attached hydrogens (tertiary/aromatic N) is 3. The lowest BCUT2D eigenvalue weighted by Crippen LogP contribution is -2.14. The van der Waals surface area contributed by atoms with Crippen molar-refractivity contribution in [3.8, 4) is 11.3 Å².